The Hall–Kier alpha value is -3.18. The maximum absolute atomic E-state index is 9.54. The summed E-state index contributed by atoms with van der Waals surface area (Å²) in [5, 5.41) is 12.0. The summed E-state index contributed by atoms with van der Waals surface area (Å²) in [4.78, 5) is 6.89. The van der Waals surface area contributed by atoms with Crippen LogP contribution in [0.4, 0.5) is 0 Å². The van der Waals surface area contributed by atoms with Gasteiger partial charge in [0.2, 0.25) is 0 Å². The van der Waals surface area contributed by atoms with E-state index in [1.165, 1.54) is 10.8 Å². The van der Waals surface area contributed by atoms with Gasteiger partial charge in [0, 0.05) is 0 Å². The van der Waals surface area contributed by atoms with E-state index >= 15 is 0 Å². The predicted molar refractivity (Wildman–Crippen MR) is 113 cm³/mol. The molecule has 3 heteroatoms. The van der Waals surface area contributed by atoms with E-state index in [1.54, 1.807) is 0 Å². The molecule has 0 aliphatic rings. The molecule has 2 nitrogen and oxygen atoms in total. The molecule has 0 aliphatic carbocycles. The Bertz CT molecular complexity index is 1180. The van der Waals surface area contributed by atoms with E-state index in [9.17, 15) is 5.26 Å². The molecule has 0 saturated heterocycles. The average molecular weight is 411 g/mol. The van der Waals surface area contributed by atoms with Crippen LogP contribution in [0.2, 0.25) is 0 Å². The van der Waals surface area contributed by atoms with E-state index in [0.717, 1.165) is 21.4 Å². The molecule has 4 rings (SSSR count). The summed E-state index contributed by atoms with van der Waals surface area (Å²) in [5.74, 6) is 0. The van der Waals surface area contributed by atoms with E-state index in [0.29, 0.717) is 5.57 Å². The van der Waals surface area contributed by atoms with Gasteiger partial charge in [-0.2, -0.15) is 0 Å². The first kappa shape index (κ1) is 17.2. The Balaban J connectivity index is 1.61. The quantitative estimate of drug-likeness (QED) is 0.250. The molecule has 0 radical (unpaired) electrons. The SMILES string of the molecule is N#C/C(=C\C=C\c1ccccc1)c1nc(-c2ccc3ccccc3c2)c[se]1. The van der Waals surface area contributed by atoms with Gasteiger partial charge < -0.3 is 0 Å². The van der Waals surface area contributed by atoms with Crippen LogP contribution < -0.4 is 0 Å². The molecule has 0 saturated carbocycles. The van der Waals surface area contributed by atoms with E-state index in [1.807, 2.05) is 60.7 Å². The van der Waals surface area contributed by atoms with Crippen LogP contribution in [0.3, 0.4) is 0 Å². The van der Waals surface area contributed by atoms with E-state index in [-0.39, 0.29) is 14.5 Å². The molecule has 0 spiro atoms. The Kier molecular flexibility index (Phi) is 5.12. The van der Waals surface area contributed by atoms with Crippen molar-refractivity contribution in [1.29, 1.82) is 5.26 Å². The molecular weight excluding hydrogens is 395 g/mol. The minimum atomic E-state index is 0.0725. The fraction of sp³-hybridized carbons (Fsp3) is 0. The summed E-state index contributed by atoms with van der Waals surface area (Å²) < 4.78 is 0.880. The summed E-state index contributed by atoms with van der Waals surface area (Å²) in [5.41, 5.74) is 3.81. The molecule has 4 aromatic rings. The monoisotopic (exact) mass is 412 g/mol. The van der Waals surface area contributed by atoms with Crippen LogP contribution in [-0.4, -0.2) is 19.5 Å². The molecular formula is C24H16N2Se. The van der Waals surface area contributed by atoms with Crippen LogP contribution in [0.1, 0.15) is 10.1 Å². The van der Waals surface area contributed by atoms with E-state index < -0.39 is 0 Å². The fourth-order valence-corrected chi connectivity index (χ4v) is 4.54. The van der Waals surface area contributed by atoms with Crippen LogP contribution in [0.15, 0.2) is 89.9 Å². The molecule has 0 bridgehead atoms. The molecule has 27 heavy (non-hydrogen) atoms. The molecule has 0 atom stereocenters. The number of rotatable bonds is 4. The minimum absolute atomic E-state index is 0.0725. The summed E-state index contributed by atoms with van der Waals surface area (Å²) in [6.07, 6.45) is 5.77. The van der Waals surface area contributed by atoms with E-state index in [4.69, 9.17) is 4.98 Å². The van der Waals surface area contributed by atoms with Gasteiger partial charge in [-0.1, -0.05) is 0 Å². The number of allylic oxidation sites excluding steroid dienone is 3. The van der Waals surface area contributed by atoms with Gasteiger partial charge >= 0.3 is 165 Å². The van der Waals surface area contributed by atoms with Gasteiger partial charge in [0.05, 0.1) is 0 Å². The molecule has 0 amide bonds. The zero-order chi connectivity index (χ0) is 18.5. The number of hydrogen-bond donors (Lipinski definition) is 0. The van der Waals surface area contributed by atoms with Gasteiger partial charge in [-0.15, -0.1) is 0 Å². The van der Waals surface area contributed by atoms with Gasteiger partial charge in [-0.25, -0.2) is 0 Å². The van der Waals surface area contributed by atoms with Crippen LogP contribution in [0, 0.1) is 11.3 Å². The standard InChI is InChI=1S/C24H16N2Se/c25-16-22(12-6-9-18-7-2-1-3-8-18)24-26-23(17-27-24)21-14-13-19-10-4-5-11-20(19)15-21/h1-15,17H/b9-6+,22-12+. The van der Waals surface area contributed by atoms with Crippen LogP contribution >= 0.6 is 0 Å². The van der Waals surface area contributed by atoms with Crippen molar-refractivity contribution in [3.05, 3.63) is 100 Å². The van der Waals surface area contributed by atoms with Gasteiger partial charge in [-0.05, 0) is 0 Å². The van der Waals surface area contributed by atoms with Crippen molar-refractivity contribution in [2.45, 2.75) is 0 Å². The first-order valence-corrected chi connectivity index (χ1v) is 10.5. The predicted octanol–water partition coefficient (Wildman–Crippen LogP) is 5.58. The molecule has 1 heterocycles. The first-order chi connectivity index (χ1) is 13.3. The Morgan fingerprint density at radius 3 is 2.52 bits per heavy atom. The van der Waals surface area contributed by atoms with Gasteiger partial charge in [0.1, 0.15) is 0 Å². The van der Waals surface area contributed by atoms with Crippen molar-refractivity contribution in [3.63, 3.8) is 0 Å². The Morgan fingerprint density at radius 2 is 1.70 bits per heavy atom. The third-order valence-corrected chi connectivity index (χ3v) is 6.09. The summed E-state index contributed by atoms with van der Waals surface area (Å²) in [6, 6.07) is 27.0. The fourth-order valence-electron chi connectivity index (χ4n) is 2.85. The molecule has 3 aromatic carbocycles. The summed E-state index contributed by atoms with van der Waals surface area (Å²) in [6.45, 7) is 0. The van der Waals surface area contributed by atoms with Crippen LogP contribution in [0.5, 0.6) is 0 Å². The van der Waals surface area contributed by atoms with Crippen LogP contribution in [-0.2, 0) is 0 Å². The summed E-state index contributed by atoms with van der Waals surface area (Å²) in [7, 11) is 0. The van der Waals surface area contributed by atoms with Gasteiger partial charge in [0.25, 0.3) is 0 Å². The molecule has 128 valence electrons. The van der Waals surface area contributed by atoms with Crippen molar-refractivity contribution in [2.75, 3.05) is 0 Å². The summed E-state index contributed by atoms with van der Waals surface area (Å²) >= 11 is 0.0725. The second-order valence-corrected chi connectivity index (χ2v) is 7.86. The third-order valence-electron chi connectivity index (χ3n) is 4.25. The molecule has 0 N–H and O–H groups in total. The topological polar surface area (TPSA) is 36.7 Å². The number of fused-ring (bicyclic) bond motifs is 1. The number of benzene rings is 3. The zero-order valence-corrected chi connectivity index (χ0v) is 16.3. The van der Waals surface area contributed by atoms with Crippen LogP contribution in [0.25, 0.3) is 33.7 Å². The van der Waals surface area contributed by atoms with E-state index in [2.05, 4.69) is 41.3 Å². The second kappa shape index (κ2) is 8.01. The Morgan fingerprint density at radius 1 is 0.926 bits per heavy atom. The molecule has 0 aliphatic heterocycles. The molecule has 0 unspecified atom stereocenters. The van der Waals surface area contributed by atoms with Crippen molar-refractivity contribution in [1.82, 2.24) is 4.98 Å². The number of nitriles is 1. The number of nitrogens with zero attached hydrogens (tertiary/aromatic N) is 2. The number of hydrogen-bond acceptors (Lipinski definition) is 2. The zero-order valence-electron chi connectivity index (χ0n) is 14.5. The number of aromatic nitrogens is 1. The second-order valence-electron chi connectivity index (χ2n) is 6.06. The Labute approximate surface area is 164 Å². The van der Waals surface area contributed by atoms with Crippen molar-refractivity contribution >= 4 is 36.9 Å². The van der Waals surface area contributed by atoms with Gasteiger partial charge in [0.15, 0.2) is 0 Å². The maximum atomic E-state index is 9.54. The van der Waals surface area contributed by atoms with Crippen molar-refractivity contribution in [2.24, 2.45) is 0 Å². The normalized spacial score (nSPS) is 11.7. The molecule has 1 aromatic heterocycles. The van der Waals surface area contributed by atoms with Crippen molar-refractivity contribution in [3.8, 4) is 17.3 Å². The third kappa shape index (κ3) is 3.99. The molecule has 0 fully saturated rings. The van der Waals surface area contributed by atoms with Crippen molar-refractivity contribution < 1.29 is 0 Å². The van der Waals surface area contributed by atoms with Gasteiger partial charge in [-0.3, -0.25) is 0 Å². The first-order valence-electron chi connectivity index (χ1n) is 8.62. The average Bonchev–Trinajstić information content (AvgIpc) is 3.21.